The van der Waals surface area contributed by atoms with Crippen molar-refractivity contribution in [3.05, 3.63) is 28.5 Å². The third kappa shape index (κ3) is 3.05. The highest BCUT2D eigenvalue weighted by atomic mass is 32.1. The number of aliphatic hydroxyl groups is 1. The van der Waals surface area contributed by atoms with Gasteiger partial charge in [-0.15, -0.1) is 11.3 Å². The van der Waals surface area contributed by atoms with Crippen molar-refractivity contribution in [3.8, 4) is 0 Å². The highest BCUT2D eigenvalue weighted by Crippen LogP contribution is 2.21. The summed E-state index contributed by atoms with van der Waals surface area (Å²) in [5.74, 6) is -0.231. The zero-order valence-corrected chi connectivity index (χ0v) is 12.6. The summed E-state index contributed by atoms with van der Waals surface area (Å²) in [7, 11) is 0. The Morgan fingerprint density at radius 2 is 2.30 bits per heavy atom. The number of amides is 1. The molecular weight excluding hydrogens is 276 g/mol. The fourth-order valence-corrected chi connectivity index (χ4v) is 2.56. The van der Waals surface area contributed by atoms with Crippen LogP contribution < -0.4 is 5.32 Å². The van der Waals surface area contributed by atoms with E-state index in [2.05, 4.69) is 15.4 Å². The van der Waals surface area contributed by atoms with Crippen LogP contribution in [0.3, 0.4) is 0 Å². The maximum Gasteiger partial charge on any atom is 0.275 e. The number of carbonyl (C=O) groups excluding carboxylic acids is 1. The van der Waals surface area contributed by atoms with Crippen molar-refractivity contribution in [2.75, 3.05) is 5.32 Å². The van der Waals surface area contributed by atoms with Crippen molar-refractivity contribution in [3.63, 3.8) is 0 Å². The summed E-state index contributed by atoms with van der Waals surface area (Å²) in [5.41, 5.74) is 1.97. The van der Waals surface area contributed by atoms with Gasteiger partial charge in [0.1, 0.15) is 5.69 Å². The van der Waals surface area contributed by atoms with Crippen LogP contribution in [0.25, 0.3) is 0 Å². The van der Waals surface area contributed by atoms with Gasteiger partial charge in [-0.1, -0.05) is 6.92 Å². The van der Waals surface area contributed by atoms with Gasteiger partial charge >= 0.3 is 0 Å². The lowest BCUT2D eigenvalue weighted by atomic mass is 10.3. The largest absolute Gasteiger partial charge is 0.387 e. The molecule has 2 heterocycles. The maximum atomic E-state index is 12.2. The second-order valence-corrected chi connectivity index (χ2v) is 5.26. The molecule has 1 unspecified atom stereocenters. The smallest absolute Gasteiger partial charge is 0.275 e. The van der Waals surface area contributed by atoms with Gasteiger partial charge in [-0.2, -0.15) is 5.10 Å². The Morgan fingerprint density at radius 3 is 2.85 bits per heavy atom. The summed E-state index contributed by atoms with van der Waals surface area (Å²) in [5, 5.41) is 18.7. The third-order valence-corrected chi connectivity index (χ3v) is 3.67. The van der Waals surface area contributed by atoms with Crippen LogP contribution in [0.4, 0.5) is 5.13 Å². The molecule has 0 aromatic carbocycles. The highest BCUT2D eigenvalue weighted by molar-refractivity contribution is 7.14. The van der Waals surface area contributed by atoms with Gasteiger partial charge in [-0.3, -0.25) is 14.8 Å². The first-order valence-corrected chi connectivity index (χ1v) is 7.44. The summed E-state index contributed by atoms with van der Waals surface area (Å²) in [6.45, 7) is 6.22. The summed E-state index contributed by atoms with van der Waals surface area (Å²) >= 11 is 1.29. The lowest BCUT2D eigenvalue weighted by Gasteiger charge is -2.04. The summed E-state index contributed by atoms with van der Waals surface area (Å²) < 4.78 is 1.68. The molecule has 0 saturated carbocycles. The number of nitrogens with zero attached hydrogens (tertiary/aromatic N) is 3. The van der Waals surface area contributed by atoms with Crippen molar-refractivity contribution in [2.24, 2.45) is 0 Å². The predicted molar refractivity (Wildman–Crippen MR) is 78.0 cm³/mol. The minimum Gasteiger partial charge on any atom is -0.387 e. The fraction of sp³-hybridized carbons (Fsp3) is 0.462. The van der Waals surface area contributed by atoms with E-state index >= 15 is 0 Å². The molecule has 6 nitrogen and oxygen atoms in total. The molecule has 7 heteroatoms. The van der Waals surface area contributed by atoms with Crippen LogP contribution in [0.5, 0.6) is 0 Å². The van der Waals surface area contributed by atoms with Crippen LogP contribution in [-0.4, -0.2) is 25.8 Å². The number of aryl methyl sites for hydroxylation is 2. The quantitative estimate of drug-likeness (QED) is 0.886. The second-order valence-electron chi connectivity index (χ2n) is 4.40. The molecular formula is C13H18N4O2S. The second kappa shape index (κ2) is 6.15. The topological polar surface area (TPSA) is 80.0 Å². The Kier molecular flexibility index (Phi) is 4.51. The number of anilines is 1. The molecule has 20 heavy (non-hydrogen) atoms. The molecule has 2 aromatic heterocycles. The van der Waals surface area contributed by atoms with Gasteiger partial charge in [0, 0.05) is 11.9 Å². The van der Waals surface area contributed by atoms with Gasteiger partial charge in [0.25, 0.3) is 5.91 Å². The zero-order valence-electron chi connectivity index (χ0n) is 11.8. The van der Waals surface area contributed by atoms with E-state index in [1.165, 1.54) is 11.3 Å². The molecule has 108 valence electrons. The van der Waals surface area contributed by atoms with Crippen LogP contribution >= 0.6 is 11.3 Å². The molecule has 2 aromatic rings. The number of nitrogens with one attached hydrogen (secondary N) is 1. The van der Waals surface area contributed by atoms with Crippen molar-refractivity contribution in [1.82, 2.24) is 14.8 Å². The normalized spacial score (nSPS) is 12.4. The van der Waals surface area contributed by atoms with Gasteiger partial charge in [0.05, 0.1) is 17.5 Å². The van der Waals surface area contributed by atoms with E-state index in [1.54, 1.807) is 23.1 Å². The molecule has 0 aliphatic carbocycles. The van der Waals surface area contributed by atoms with Crippen molar-refractivity contribution >= 4 is 22.4 Å². The summed E-state index contributed by atoms with van der Waals surface area (Å²) in [6.07, 6.45) is 0.154. The molecule has 1 amide bonds. The first kappa shape index (κ1) is 14.7. The first-order chi connectivity index (χ1) is 9.55. The molecule has 2 rings (SSSR count). The van der Waals surface area contributed by atoms with E-state index in [0.717, 1.165) is 12.1 Å². The van der Waals surface area contributed by atoms with Crippen molar-refractivity contribution in [2.45, 2.75) is 39.8 Å². The first-order valence-electron chi connectivity index (χ1n) is 6.56. The lowest BCUT2D eigenvalue weighted by Crippen LogP contribution is -2.17. The minimum atomic E-state index is -0.634. The van der Waals surface area contributed by atoms with Crippen LogP contribution in [-0.2, 0) is 13.0 Å². The predicted octanol–water partition coefficient (Wildman–Crippen LogP) is 2.23. The van der Waals surface area contributed by atoms with Crippen LogP contribution in [0.1, 0.15) is 48.8 Å². The molecule has 0 spiro atoms. The van der Waals surface area contributed by atoms with E-state index in [-0.39, 0.29) is 5.91 Å². The maximum absolute atomic E-state index is 12.2. The number of aromatic nitrogens is 3. The SMILES string of the molecule is CCc1cc(C(=O)Nc2nc(C(C)O)cs2)n(CC)n1. The molecule has 0 radical (unpaired) electrons. The highest BCUT2D eigenvalue weighted by Gasteiger charge is 2.16. The van der Waals surface area contributed by atoms with E-state index in [4.69, 9.17) is 0 Å². The number of rotatable bonds is 5. The van der Waals surface area contributed by atoms with Crippen molar-refractivity contribution < 1.29 is 9.90 Å². The van der Waals surface area contributed by atoms with Gasteiger partial charge in [0.15, 0.2) is 5.13 Å². The molecule has 1 atom stereocenters. The molecule has 0 aliphatic rings. The van der Waals surface area contributed by atoms with Gasteiger partial charge in [0.2, 0.25) is 0 Å². The lowest BCUT2D eigenvalue weighted by molar-refractivity contribution is 0.101. The average Bonchev–Trinajstić information content (AvgIpc) is 3.04. The number of aliphatic hydroxyl groups excluding tert-OH is 1. The average molecular weight is 294 g/mol. The number of hydrogen-bond acceptors (Lipinski definition) is 5. The molecule has 0 aliphatic heterocycles. The zero-order chi connectivity index (χ0) is 14.7. The minimum absolute atomic E-state index is 0.231. The number of hydrogen-bond donors (Lipinski definition) is 2. The molecule has 0 bridgehead atoms. The standard InChI is InChI=1S/C13H18N4O2S/c1-4-9-6-11(17(5-2)16-9)12(19)15-13-14-10(7-20-13)8(3)18/h6-8,18H,4-5H2,1-3H3,(H,14,15,19). The fourth-order valence-electron chi connectivity index (χ4n) is 1.76. The van der Waals surface area contributed by atoms with Gasteiger partial charge < -0.3 is 5.11 Å². The number of thiazole rings is 1. The van der Waals surface area contributed by atoms with Crippen LogP contribution in [0, 0.1) is 0 Å². The Balaban J connectivity index is 2.16. The van der Waals surface area contributed by atoms with E-state index in [0.29, 0.717) is 23.1 Å². The van der Waals surface area contributed by atoms with Gasteiger partial charge in [-0.25, -0.2) is 4.98 Å². The monoisotopic (exact) mass is 294 g/mol. The molecule has 0 fully saturated rings. The van der Waals surface area contributed by atoms with Crippen LogP contribution in [0.15, 0.2) is 11.4 Å². The Labute approximate surface area is 121 Å². The van der Waals surface area contributed by atoms with Crippen LogP contribution in [0.2, 0.25) is 0 Å². The Morgan fingerprint density at radius 1 is 1.55 bits per heavy atom. The molecule has 2 N–H and O–H groups in total. The Hall–Kier alpha value is -1.73. The van der Waals surface area contributed by atoms with Crippen molar-refractivity contribution in [1.29, 1.82) is 0 Å². The Bertz CT molecular complexity index is 603. The third-order valence-electron chi connectivity index (χ3n) is 2.90. The van der Waals surface area contributed by atoms with E-state index in [1.807, 2.05) is 13.8 Å². The van der Waals surface area contributed by atoms with E-state index < -0.39 is 6.10 Å². The summed E-state index contributed by atoms with van der Waals surface area (Å²) in [6, 6.07) is 1.79. The van der Waals surface area contributed by atoms with Gasteiger partial charge in [-0.05, 0) is 26.3 Å². The molecule has 0 saturated heterocycles. The van der Waals surface area contributed by atoms with E-state index in [9.17, 15) is 9.90 Å². The number of carbonyl (C=O) groups is 1. The summed E-state index contributed by atoms with van der Waals surface area (Å²) in [4.78, 5) is 16.4.